The van der Waals surface area contributed by atoms with Crippen LogP contribution in [0.25, 0.3) is 11.5 Å². The number of hydrogen-bond donors (Lipinski definition) is 1. The lowest BCUT2D eigenvalue weighted by Gasteiger charge is -1.94. The van der Waals surface area contributed by atoms with Gasteiger partial charge in [0.25, 0.3) is 0 Å². The third-order valence-corrected chi connectivity index (χ3v) is 1.93. The summed E-state index contributed by atoms with van der Waals surface area (Å²) in [5, 5.41) is 7.82. The van der Waals surface area contributed by atoms with E-state index in [9.17, 15) is 0 Å². The van der Waals surface area contributed by atoms with E-state index in [1.807, 2.05) is 31.2 Å². The topological polar surface area (TPSA) is 64.9 Å². The molecule has 0 fully saturated rings. The second kappa shape index (κ2) is 3.49. The fourth-order valence-electron chi connectivity index (χ4n) is 1.14. The van der Waals surface area contributed by atoms with Crippen molar-refractivity contribution >= 4 is 5.69 Å². The zero-order valence-corrected chi connectivity index (χ0v) is 7.90. The first-order valence-corrected chi connectivity index (χ1v) is 4.48. The van der Waals surface area contributed by atoms with Crippen LogP contribution in [0.1, 0.15) is 12.8 Å². The summed E-state index contributed by atoms with van der Waals surface area (Å²) in [6, 6.07) is 7.35. The number of nitrogen functional groups attached to an aromatic ring is 1. The summed E-state index contributed by atoms with van der Waals surface area (Å²) in [7, 11) is 0. The molecule has 0 saturated heterocycles. The van der Waals surface area contributed by atoms with E-state index in [2.05, 4.69) is 10.2 Å². The molecule has 0 aliphatic carbocycles. The van der Waals surface area contributed by atoms with E-state index < -0.39 is 0 Å². The minimum atomic E-state index is 0.543. The van der Waals surface area contributed by atoms with Crippen LogP contribution in [0.3, 0.4) is 0 Å². The Balaban J connectivity index is 2.34. The average Bonchev–Trinajstić information content (AvgIpc) is 2.67. The van der Waals surface area contributed by atoms with Crippen LogP contribution in [-0.2, 0) is 6.42 Å². The van der Waals surface area contributed by atoms with Crippen LogP contribution in [0.5, 0.6) is 0 Å². The van der Waals surface area contributed by atoms with Gasteiger partial charge < -0.3 is 10.2 Å². The van der Waals surface area contributed by atoms with Crippen molar-refractivity contribution in [2.45, 2.75) is 13.3 Å². The maximum atomic E-state index is 5.57. The zero-order valence-electron chi connectivity index (χ0n) is 7.90. The summed E-state index contributed by atoms with van der Waals surface area (Å²) in [5.74, 6) is 1.19. The third kappa shape index (κ3) is 1.59. The summed E-state index contributed by atoms with van der Waals surface area (Å²) in [4.78, 5) is 0. The highest BCUT2D eigenvalue weighted by Gasteiger charge is 2.05. The fourth-order valence-corrected chi connectivity index (χ4v) is 1.14. The molecule has 0 radical (unpaired) electrons. The maximum absolute atomic E-state index is 5.57. The van der Waals surface area contributed by atoms with Gasteiger partial charge in [-0.25, -0.2) is 0 Å². The molecule has 1 aromatic heterocycles. The number of nitrogens with zero attached hydrogens (tertiary/aromatic N) is 2. The van der Waals surface area contributed by atoms with Gasteiger partial charge in [0, 0.05) is 17.7 Å². The van der Waals surface area contributed by atoms with E-state index in [4.69, 9.17) is 10.2 Å². The van der Waals surface area contributed by atoms with Crippen LogP contribution < -0.4 is 5.73 Å². The van der Waals surface area contributed by atoms with E-state index in [-0.39, 0.29) is 0 Å². The monoisotopic (exact) mass is 189 g/mol. The van der Waals surface area contributed by atoms with Crippen molar-refractivity contribution in [3.8, 4) is 11.5 Å². The van der Waals surface area contributed by atoms with Crippen molar-refractivity contribution in [1.29, 1.82) is 0 Å². The molecule has 2 N–H and O–H groups in total. The summed E-state index contributed by atoms with van der Waals surface area (Å²) < 4.78 is 5.40. The molecule has 4 heteroatoms. The molecule has 0 spiro atoms. The summed E-state index contributed by atoms with van der Waals surface area (Å²) >= 11 is 0. The number of hydrogen-bond acceptors (Lipinski definition) is 4. The van der Waals surface area contributed by atoms with Crippen molar-refractivity contribution in [2.24, 2.45) is 0 Å². The molecule has 0 saturated carbocycles. The summed E-state index contributed by atoms with van der Waals surface area (Å²) in [5.41, 5.74) is 7.19. The molecule has 1 heterocycles. The van der Waals surface area contributed by atoms with E-state index in [0.29, 0.717) is 11.8 Å². The quantitative estimate of drug-likeness (QED) is 0.732. The average molecular weight is 189 g/mol. The van der Waals surface area contributed by atoms with Crippen LogP contribution in [0, 0.1) is 0 Å². The number of nitrogens with two attached hydrogens (primary N) is 1. The molecular weight excluding hydrogens is 178 g/mol. The molecule has 14 heavy (non-hydrogen) atoms. The zero-order chi connectivity index (χ0) is 9.97. The minimum Gasteiger partial charge on any atom is -0.421 e. The van der Waals surface area contributed by atoms with Crippen LogP contribution in [0.2, 0.25) is 0 Å². The standard InChI is InChI=1S/C10H11N3O/c1-2-9-12-13-10(14-9)7-3-5-8(11)6-4-7/h3-6H,2,11H2,1H3. The van der Waals surface area contributed by atoms with Gasteiger partial charge in [-0.05, 0) is 24.3 Å². The Bertz CT molecular complexity index is 419. The van der Waals surface area contributed by atoms with Gasteiger partial charge in [0.1, 0.15) is 0 Å². The predicted molar refractivity (Wildman–Crippen MR) is 53.5 cm³/mol. The summed E-state index contributed by atoms with van der Waals surface area (Å²) in [6.45, 7) is 1.97. The van der Waals surface area contributed by atoms with E-state index in [0.717, 1.165) is 17.7 Å². The largest absolute Gasteiger partial charge is 0.421 e. The molecule has 0 bridgehead atoms. The van der Waals surface area contributed by atoms with Gasteiger partial charge in [-0.3, -0.25) is 0 Å². The van der Waals surface area contributed by atoms with Crippen molar-refractivity contribution in [1.82, 2.24) is 10.2 Å². The van der Waals surface area contributed by atoms with Crippen LogP contribution >= 0.6 is 0 Å². The minimum absolute atomic E-state index is 0.543. The lowest BCUT2D eigenvalue weighted by molar-refractivity contribution is 0.513. The predicted octanol–water partition coefficient (Wildman–Crippen LogP) is 1.88. The van der Waals surface area contributed by atoms with Crippen molar-refractivity contribution in [2.75, 3.05) is 5.73 Å². The third-order valence-electron chi connectivity index (χ3n) is 1.93. The lowest BCUT2D eigenvalue weighted by atomic mass is 10.2. The Morgan fingerprint density at radius 3 is 2.50 bits per heavy atom. The van der Waals surface area contributed by atoms with Gasteiger partial charge in [-0.1, -0.05) is 6.92 Å². The number of benzene rings is 1. The van der Waals surface area contributed by atoms with Gasteiger partial charge in [-0.15, -0.1) is 10.2 Å². The molecule has 0 amide bonds. The molecule has 0 atom stereocenters. The lowest BCUT2D eigenvalue weighted by Crippen LogP contribution is -1.83. The first-order chi connectivity index (χ1) is 6.79. The van der Waals surface area contributed by atoms with Gasteiger partial charge in [-0.2, -0.15) is 0 Å². The maximum Gasteiger partial charge on any atom is 0.247 e. The SMILES string of the molecule is CCc1nnc(-c2ccc(N)cc2)o1. The Labute approximate surface area is 81.8 Å². The van der Waals surface area contributed by atoms with Crippen molar-refractivity contribution < 1.29 is 4.42 Å². The number of aromatic nitrogens is 2. The van der Waals surface area contributed by atoms with E-state index in [1.54, 1.807) is 0 Å². The van der Waals surface area contributed by atoms with Crippen LogP contribution in [0.15, 0.2) is 28.7 Å². The fraction of sp³-hybridized carbons (Fsp3) is 0.200. The van der Waals surface area contributed by atoms with Crippen molar-refractivity contribution in [3.63, 3.8) is 0 Å². The Kier molecular flexibility index (Phi) is 2.18. The molecule has 0 aliphatic rings. The molecule has 0 unspecified atom stereocenters. The Morgan fingerprint density at radius 1 is 1.21 bits per heavy atom. The first kappa shape index (κ1) is 8.74. The Hall–Kier alpha value is -1.84. The second-order valence-electron chi connectivity index (χ2n) is 2.98. The van der Waals surface area contributed by atoms with Crippen LogP contribution in [0.4, 0.5) is 5.69 Å². The number of aryl methyl sites for hydroxylation is 1. The second-order valence-corrected chi connectivity index (χ2v) is 2.98. The highest BCUT2D eigenvalue weighted by atomic mass is 16.4. The molecule has 2 rings (SSSR count). The molecule has 2 aromatic rings. The van der Waals surface area contributed by atoms with Crippen molar-refractivity contribution in [3.05, 3.63) is 30.2 Å². The molecule has 1 aromatic carbocycles. The summed E-state index contributed by atoms with van der Waals surface area (Å²) in [6.07, 6.45) is 0.752. The van der Waals surface area contributed by atoms with E-state index in [1.165, 1.54) is 0 Å². The number of rotatable bonds is 2. The van der Waals surface area contributed by atoms with E-state index >= 15 is 0 Å². The normalized spacial score (nSPS) is 10.4. The van der Waals surface area contributed by atoms with Gasteiger partial charge in [0.05, 0.1) is 0 Å². The van der Waals surface area contributed by atoms with Gasteiger partial charge >= 0.3 is 0 Å². The molecule has 4 nitrogen and oxygen atoms in total. The molecule has 72 valence electrons. The van der Waals surface area contributed by atoms with Gasteiger partial charge in [0.15, 0.2) is 0 Å². The highest BCUT2D eigenvalue weighted by Crippen LogP contribution is 2.18. The molecule has 0 aliphatic heterocycles. The highest BCUT2D eigenvalue weighted by molar-refractivity contribution is 5.56. The smallest absolute Gasteiger partial charge is 0.247 e. The first-order valence-electron chi connectivity index (χ1n) is 4.48. The van der Waals surface area contributed by atoms with Crippen LogP contribution in [-0.4, -0.2) is 10.2 Å². The van der Waals surface area contributed by atoms with Gasteiger partial charge in [0.2, 0.25) is 11.8 Å². The molecular formula is C10H11N3O. The Morgan fingerprint density at radius 2 is 1.93 bits per heavy atom. The number of anilines is 1.